The number of sulfonamides is 1. The number of halogens is 2. The fourth-order valence-corrected chi connectivity index (χ4v) is 9.54. The number of pyridine rings is 1. The van der Waals surface area contributed by atoms with Gasteiger partial charge in [-0.1, -0.05) is 37.1 Å². The summed E-state index contributed by atoms with van der Waals surface area (Å²) in [6, 6.07) is 17.2. The Balaban J connectivity index is 1.01. The van der Waals surface area contributed by atoms with Crippen LogP contribution >= 0.6 is 11.6 Å². The van der Waals surface area contributed by atoms with Gasteiger partial charge in [0.05, 0.1) is 26.6 Å². The van der Waals surface area contributed by atoms with Gasteiger partial charge in [-0.15, -0.1) is 0 Å². The lowest BCUT2D eigenvalue weighted by atomic mass is 9.72. The van der Waals surface area contributed by atoms with Crippen LogP contribution in [0.2, 0.25) is 5.02 Å². The summed E-state index contributed by atoms with van der Waals surface area (Å²) in [5, 5.41) is 16.0. The van der Waals surface area contributed by atoms with E-state index < -0.39 is 37.3 Å². The van der Waals surface area contributed by atoms with Crippen molar-refractivity contribution < 1.29 is 32.0 Å². The topological polar surface area (TPSA) is 172 Å². The van der Waals surface area contributed by atoms with Gasteiger partial charge < -0.3 is 24.7 Å². The largest absolute Gasteiger partial charge is 0.455 e. The lowest BCUT2D eigenvalue weighted by Gasteiger charge is -2.39. The lowest BCUT2D eigenvalue weighted by molar-refractivity contribution is -0.384. The molecule has 17 heteroatoms. The first-order chi connectivity index (χ1) is 29.7. The van der Waals surface area contributed by atoms with Crippen molar-refractivity contribution in [3.05, 3.63) is 117 Å². The fraction of sp³-hybridized carbons (Fsp3) is 0.378. The predicted octanol–water partition coefficient (Wildman–Crippen LogP) is 8.80. The van der Waals surface area contributed by atoms with Crippen molar-refractivity contribution in [1.29, 1.82) is 0 Å². The molecule has 1 aliphatic carbocycles. The number of H-pyrrole nitrogens is 1. The molecule has 0 atom stereocenters. The van der Waals surface area contributed by atoms with Crippen LogP contribution in [0.25, 0.3) is 16.6 Å². The van der Waals surface area contributed by atoms with Gasteiger partial charge in [-0.25, -0.2) is 22.5 Å². The second-order valence-electron chi connectivity index (χ2n) is 17.0. The molecule has 1 amide bonds. The van der Waals surface area contributed by atoms with E-state index in [4.69, 9.17) is 21.1 Å². The molecule has 326 valence electrons. The zero-order valence-electron chi connectivity index (χ0n) is 34.6. The summed E-state index contributed by atoms with van der Waals surface area (Å²) in [5.41, 5.74) is 4.56. The van der Waals surface area contributed by atoms with Crippen LogP contribution in [0.15, 0.2) is 89.6 Å². The molecule has 2 saturated heterocycles. The third-order valence-corrected chi connectivity index (χ3v) is 13.7. The van der Waals surface area contributed by atoms with E-state index in [9.17, 15) is 27.7 Å². The molecule has 62 heavy (non-hydrogen) atoms. The second kappa shape index (κ2) is 18.0. The van der Waals surface area contributed by atoms with E-state index in [1.54, 1.807) is 36.5 Å². The average Bonchev–Trinajstić information content (AvgIpc) is 3.73. The Morgan fingerprint density at radius 1 is 1.06 bits per heavy atom. The minimum Gasteiger partial charge on any atom is -0.455 e. The predicted molar refractivity (Wildman–Crippen MR) is 237 cm³/mol. The standard InChI is InChI=1S/C45H49ClFN7O7S/c1-45(2)13-9-32(37(25-45)30-3-7-38(46)39(47)22-30)28-52-15-17-53(18-16-52)33-4-6-36(42(23-33)61-34-21-31-10-14-48-43(31)50-27-34)44(55)51-62(58,59)35-5-8-40(41(24-35)54(56)57)49-26-29-11-19-60-20-12-29/h3-8,10,14,21-24,27,29,49H,9,11-13,15-20,25-26,28H2,1-2H3,(H,48,50)(H,51,55). The van der Waals surface area contributed by atoms with Crippen LogP contribution in [0.5, 0.6) is 11.5 Å². The first kappa shape index (κ1) is 43.1. The fourth-order valence-electron chi connectivity index (χ4n) is 8.43. The molecule has 3 aliphatic rings. The van der Waals surface area contributed by atoms with E-state index in [0.29, 0.717) is 44.2 Å². The number of aromatic nitrogens is 2. The highest BCUT2D eigenvalue weighted by molar-refractivity contribution is 7.90. The van der Waals surface area contributed by atoms with Crippen LogP contribution in [0.4, 0.5) is 21.5 Å². The Kier molecular flexibility index (Phi) is 12.5. The van der Waals surface area contributed by atoms with Gasteiger partial charge in [-0.3, -0.25) is 19.8 Å². The van der Waals surface area contributed by atoms with Crippen molar-refractivity contribution in [3.8, 4) is 11.5 Å². The Morgan fingerprint density at radius 2 is 1.85 bits per heavy atom. The maximum Gasteiger partial charge on any atom is 0.293 e. The molecule has 0 unspecified atom stereocenters. The molecule has 3 aromatic carbocycles. The number of amides is 1. The summed E-state index contributed by atoms with van der Waals surface area (Å²) >= 11 is 6.03. The number of piperazine rings is 1. The summed E-state index contributed by atoms with van der Waals surface area (Å²) in [6.45, 7) is 9.79. The van der Waals surface area contributed by atoms with Crippen LogP contribution in [0.1, 0.15) is 61.9 Å². The Morgan fingerprint density at radius 3 is 2.61 bits per heavy atom. The summed E-state index contributed by atoms with van der Waals surface area (Å²) < 4.78 is 55.7. The molecule has 0 radical (unpaired) electrons. The Hall–Kier alpha value is -5.55. The quantitative estimate of drug-likeness (QED) is 0.0762. The Labute approximate surface area is 364 Å². The molecule has 2 aliphatic heterocycles. The zero-order valence-corrected chi connectivity index (χ0v) is 36.2. The van der Waals surface area contributed by atoms with Gasteiger partial charge in [-0.2, -0.15) is 0 Å². The number of aromatic amines is 1. The van der Waals surface area contributed by atoms with Crippen molar-refractivity contribution in [2.75, 3.05) is 62.7 Å². The minimum absolute atomic E-state index is 0.0623. The number of hydrogen-bond donors (Lipinski definition) is 3. The highest BCUT2D eigenvalue weighted by atomic mass is 35.5. The number of nitro benzene ring substituents is 1. The van der Waals surface area contributed by atoms with Crippen LogP contribution in [-0.2, 0) is 14.8 Å². The SMILES string of the molecule is CC1(C)CCC(CN2CCN(c3ccc(C(=O)NS(=O)(=O)c4ccc(NCC5CCOCC5)c([N+](=O)[O-])c4)c(Oc4cnc5[nH]ccc5c4)c3)CC2)=C(c2ccc(Cl)c(F)c2)C1. The molecule has 0 saturated carbocycles. The van der Waals surface area contributed by atoms with Crippen LogP contribution in [0.3, 0.4) is 0 Å². The van der Waals surface area contributed by atoms with Gasteiger partial charge in [0, 0.05) is 81.9 Å². The van der Waals surface area contributed by atoms with Gasteiger partial charge in [0.1, 0.15) is 28.7 Å². The van der Waals surface area contributed by atoms with Crippen molar-refractivity contribution in [1.82, 2.24) is 19.6 Å². The summed E-state index contributed by atoms with van der Waals surface area (Å²) in [4.78, 5) is 36.9. The van der Waals surface area contributed by atoms with Gasteiger partial charge in [0.15, 0.2) is 0 Å². The number of hydrogen-bond acceptors (Lipinski definition) is 11. The molecule has 2 fully saturated rings. The van der Waals surface area contributed by atoms with Gasteiger partial charge in [-0.05, 0) is 103 Å². The number of rotatable bonds is 13. The number of allylic oxidation sites excluding steroid dienone is 1. The molecule has 0 spiro atoms. The van der Waals surface area contributed by atoms with E-state index >= 15 is 0 Å². The number of benzene rings is 3. The number of anilines is 2. The lowest BCUT2D eigenvalue weighted by Crippen LogP contribution is -2.47. The molecular formula is C45H49ClFN7O7S. The highest BCUT2D eigenvalue weighted by Crippen LogP contribution is 2.44. The monoisotopic (exact) mass is 885 g/mol. The average molecular weight is 886 g/mol. The molecule has 5 aromatic rings. The van der Waals surface area contributed by atoms with Crippen molar-refractivity contribution in [2.24, 2.45) is 11.3 Å². The summed E-state index contributed by atoms with van der Waals surface area (Å²) in [7, 11) is -4.57. The third kappa shape index (κ3) is 9.88. The number of nitrogens with one attached hydrogen (secondary N) is 3. The van der Waals surface area contributed by atoms with E-state index in [2.05, 4.69) is 43.7 Å². The van der Waals surface area contributed by atoms with Crippen molar-refractivity contribution >= 4 is 61.2 Å². The van der Waals surface area contributed by atoms with E-state index in [1.165, 1.54) is 35.5 Å². The highest BCUT2D eigenvalue weighted by Gasteiger charge is 2.31. The van der Waals surface area contributed by atoms with E-state index in [-0.39, 0.29) is 33.4 Å². The number of fused-ring (bicyclic) bond motifs is 1. The number of carbonyl (C=O) groups excluding carboxylic acids is 1. The maximum atomic E-state index is 14.6. The molecule has 2 aromatic heterocycles. The minimum atomic E-state index is -4.57. The first-order valence-corrected chi connectivity index (χ1v) is 22.6. The van der Waals surface area contributed by atoms with Gasteiger partial charge in [0.25, 0.3) is 21.6 Å². The number of nitro groups is 1. The summed E-state index contributed by atoms with van der Waals surface area (Å²) in [6.07, 6.45) is 7.69. The number of ether oxygens (including phenoxy) is 2. The summed E-state index contributed by atoms with van der Waals surface area (Å²) in [5.74, 6) is -0.705. The van der Waals surface area contributed by atoms with Crippen molar-refractivity contribution in [2.45, 2.75) is 50.8 Å². The third-order valence-electron chi connectivity index (χ3n) is 12.0. The van der Waals surface area contributed by atoms with E-state index in [1.807, 2.05) is 12.1 Å². The molecule has 14 nitrogen and oxygen atoms in total. The maximum absolute atomic E-state index is 14.6. The zero-order chi connectivity index (χ0) is 43.6. The van der Waals surface area contributed by atoms with Crippen LogP contribution < -0.4 is 19.7 Å². The second-order valence-corrected chi connectivity index (χ2v) is 19.1. The van der Waals surface area contributed by atoms with Gasteiger partial charge >= 0.3 is 0 Å². The molecule has 3 N–H and O–H groups in total. The van der Waals surface area contributed by atoms with Crippen molar-refractivity contribution in [3.63, 3.8) is 0 Å². The van der Waals surface area contributed by atoms with Crippen LogP contribution in [0, 0.1) is 27.3 Å². The number of carbonyl (C=O) groups is 1. The van der Waals surface area contributed by atoms with E-state index in [0.717, 1.165) is 74.4 Å². The molecule has 4 heterocycles. The number of nitrogens with zero attached hydrogens (tertiary/aromatic N) is 4. The Bertz CT molecular complexity index is 2640. The molecular weight excluding hydrogens is 837 g/mol. The first-order valence-electron chi connectivity index (χ1n) is 20.8. The van der Waals surface area contributed by atoms with Gasteiger partial charge in [0.2, 0.25) is 0 Å². The van der Waals surface area contributed by atoms with Crippen LogP contribution in [-0.4, -0.2) is 86.6 Å². The molecule has 0 bridgehead atoms. The normalized spacial score (nSPS) is 17.6. The smallest absolute Gasteiger partial charge is 0.293 e. The molecule has 8 rings (SSSR count).